The van der Waals surface area contributed by atoms with Gasteiger partial charge >= 0.3 is 0 Å². The molecule has 2 N–H and O–H groups in total. The van der Waals surface area contributed by atoms with Gasteiger partial charge in [0.15, 0.2) is 5.11 Å². The third-order valence-corrected chi connectivity index (χ3v) is 3.28. The van der Waals surface area contributed by atoms with Crippen molar-refractivity contribution in [3.8, 4) is 0 Å². The van der Waals surface area contributed by atoms with Crippen LogP contribution in [0, 0.1) is 5.82 Å². The molecule has 2 rings (SSSR count). The van der Waals surface area contributed by atoms with E-state index in [9.17, 15) is 4.39 Å². The Kier molecular flexibility index (Phi) is 5.17. The van der Waals surface area contributed by atoms with Crippen molar-refractivity contribution in [2.75, 3.05) is 5.32 Å². The lowest BCUT2D eigenvalue weighted by Crippen LogP contribution is -2.28. The van der Waals surface area contributed by atoms with Gasteiger partial charge in [0, 0.05) is 16.6 Å². The predicted molar refractivity (Wildman–Crippen MR) is 85.9 cm³/mol. The smallest absolute Gasteiger partial charge is 0.171 e. The predicted octanol–water partition coefficient (Wildman–Crippen LogP) is 4.62. The normalized spacial score (nSPS) is 10.2. The summed E-state index contributed by atoms with van der Waals surface area (Å²) in [7, 11) is 0. The highest BCUT2D eigenvalue weighted by molar-refractivity contribution is 7.80. The van der Waals surface area contributed by atoms with Crippen molar-refractivity contribution < 1.29 is 4.39 Å². The molecule has 0 aliphatic carbocycles. The van der Waals surface area contributed by atoms with Crippen LogP contribution >= 0.6 is 35.4 Å². The van der Waals surface area contributed by atoms with Crippen molar-refractivity contribution in [3.63, 3.8) is 0 Å². The molecule has 0 aliphatic rings. The largest absolute Gasteiger partial charge is 0.358 e. The highest BCUT2D eigenvalue weighted by Crippen LogP contribution is 2.18. The van der Waals surface area contributed by atoms with Gasteiger partial charge in [-0.1, -0.05) is 35.3 Å². The lowest BCUT2D eigenvalue weighted by Gasteiger charge is -2.11. The second kappa shape index (κ2) is 6.88. The fraction of sp³-hybridized carbons (Fsp3) is 0.0714. The summed E-state index contributed by atoms with van der Waals surface area (Å²) in [5, 5.41) is 7.12. The molecular formula is C14H11Cl2FN2S. The number of halogens is 3. The van der Waals surface area contributed by atoms with Crippen LogP contribution in [0.25, 0.3) is 0 Å². The van der Waals surface area contributed by atoms with E-state index in [1.165, 1.54) is 12.1 Å². The Bertz CT molecular complexity index is 617. The van der Waals surface area contributed by atoms with Crippen LogP contribution < -0.4 is 10.6 Å². The summed E-state index contributed by atoms with van der Waals surface area (Å²) in [5.74, 6) is -0.451. The first-order chi connectivity index (χ1) is 9.54. The average Bonchev–Trinajstić information content (AvgIpc) is 2.41. The molecule has 0 saturated heterocycles. The summed E-state index contributed by atoms with van der Waals surface area (Å²) in [5.41, 5.74) is 1.30. The van der Waals surface area contributed by atoms with Gasteiger partial charge in [-0.25, -0.2) is 4.39 Å². The second-order valence-electron chi connectivity index (χ2n) is 4.06. The van der Waals surface area contributed by atoms with Gasteiger partial charge in [0.1, 0.15) is 5.82 Å². The molecular weight excluding hydrogens is 318 g/mol. The third-order valence-electron chi connectivity index (χ3n) is 2.55. The Morgan fingerprint density at radius 2 is 1.70 bits per heavy atom. The Morgan fingerprint density at radius 3 is 2.35 bits per heavy atom. The summed E-state index contributed by atoms with van der Waals surface area (Å²) in [6, 6.07) is 11.7. The van der Waals surface area contributed by atoms with E-state index in [0.717, 1.165) is 5.56 Å². The van der Waals surface area contributed by atoms with Gasteiger partial charge in [-0.15, -0.1) is 0 Å². The summed E-state index contributed by atoms with van der Waals surface area (Å²) >= 11 is 16.6. The van der Waals surface area contributed by atoms with Crippen LogP contribution in [0.4, 0.5) is 10.1 Å². The first-order valence-electron chi connectivity index (χ1n) is 5.79. The van der Waals surface area contributed by atoms with E-state index in [1.54, 1.807) is 18.2 Å². The van der Waals surface area contributed by atoms with Gasteiger partial charge < -0.3 is 10.6 Å². The average molecular weight is 329 g/mol. The van der Waals surface area contributed by atoms with Crippen LogP contribution in [0.3, 0.4) is 0 Å². The van der Waals surface area contributed by atoms with Crippen molar-refractivity contribution >= 4 is 46.2 Å². The van der Waals surface area contributed by atoms with Crippen molar-refractivity contribution in [3.05, 3.63) is 63.9 Å². The first kappa shape index (κ1) is 15.0. The lowest BCUT2D eigenvalue weighted by atomic mass is 10.2. The SMILES string of the molecule is Fc1cc(Cl)ccc1NC(=S)NCc1ccc(Cl)cc1. The lowest BCUT2D eigenvalue weighted by molar-refractivity contribution is 0.632. The molecule has 0 atom stereocenters. The number of hydrogen-bond donors (Lipinski definition) is 2. The monoisotopic (exact) mass is 328 g/mol. The van der Waals surface area contributed by atoms with Crippen molar-refractivity contribution in [1.29, 1.82) is 0 Å². The van der Waals surface area contributed by atoms with Gasteiger partial charge in [-0.05, 0) is 48.1 Å². The minimum atomic E-state index is -0.451. The van der Waals surface area contributed by atoms with E-state index in [-0.39, 0.29) is 5.69 Å². The van der Waals surface area contributed by atoms with E-state index >= 15 is 0 Å². The molecule has 2 aromatic rings. The molecule has 0 amide bonds. The minimum Gasteiger partial charge on any atom is -0.358 e. The highest BCUT2D eigenvalue weighted by Gasteiger charge is 2.04. The number of nitrogens with one attached hydrogen (secondary N) is 2. The van der Waals surface area contributed by atoms with Crippen LogP contribution in [0.15, 0.2) is 42.5 Å². The van der Waals surface area contributed by atoms with E-state index in [4.69, 9.17) is 35.4 Å². The molecule has 104 valence electrons. The second-order valence-corrected chi connectivity index (χ2v) is 5.34. The van der Waals surface area contributed by atoms with Crippen LogP contribution in [0.5, 0.6) is 0 Å². The number of hydrogen-bond acceptors (Lipinski definition) is 1. The van der Waals surface area contributed by atoms with Crippen LogP contribution in [-0.2, 0) is 6.54 Å². The maximum Gasteiger partial charge on any atom is 0.171 e. The van der Waals surface area contributed by atoms with Gasteiger partial charge in [-0.3, -0.25) is 0 Å². The Hall–Kier alpha value is -1.36. The number of benzene rings is 2. The maximum absolute atomic E-state index is 13.6. The quantitative estimate of drug-likeness (QED) is 0.804. The molecule has 0 saturated carbocycles. The van der Waals surface area contributed by atoms with Crippen molar-refractivity contribution in [2.45, 2.75) is 6.54 Å². The fourth-order valence-electron chi connectivity index (χ4n) is 1.54. The minimum absolute atomic E-state index is 0.281. The molecule has 0 aliphatic heterocycles. The zero-order chi connectivity index (χ0) is 14.5. The van der Waals surface area contributed by atoms with Crippen molar-refractivity contribution in [2.24, 2.45) is 0 Å². The Balaban J connectivity index is 1.90. The topological polar surface area (TPSA) is 24.1 Å². The maximum atomic E-state index is 13.6. The molecule has 0 aromatic heterocycles. The molecule has 0 radical (unpaired) electrons. The molecule has 2 aromatic carbocycles. The Labute approximate surface area is 131 Å². The first-order valence-corrected chi connectivity index (χ1v) is 6.95. The summed E-state index contributed by atoms with van der Waals surface area (Å²) in [4.78, 5) is 0. The van der Waals surface area contributed by atoms with Gasteiger partial charge in [-0.2, -0.15) is 0 Å². The standard InChI is InChI=1S/C14H11Cl2FN2S/c15-10-3-1-9(2-4-10)8-18-14(20)19-13-6-5-11(16)7-12(13)17/h1-7H,8H2,(H2,18,19,20). The van der Waals surface area contributed by atoms with Gasteiger partial charge in [0.25, 0.3) is 0 Å². The van der Waals surface area contributed by atoms with Crippen LogP contribution in [-0.4, -0.2) is 5.11 Å². The molecule has 0 spiro atoms. The number of rotatable bonds is 3. The summed E-state index contributed by atoms with van der Waals surface area (Å²) in [6.45, 7) is 0.526. The molecule has 0 bridgehead atoms. The van der Waals surface area contributed by atoms with Crippen LogP contribution in [0.1, 0.15) is 5.56 Å². The van der Waals surface area contributed by atoms with Gasteiger partial charge in [0.2, 0.25) is 0 Å². The number of anilines is 1. The van der Waals surface area contributed by atoms with E-state index < -0.39 is 5.82 Å². The summed E-state index contributed by atoms with van der Waals surface area (Å²) in [6.07, 6.45) is 0. The summed E-state index contributed by atoms with van der Waals surface area (Å²) < 4.78 is 13.6. The molecule has 0 heterocycles. The zero-order valence-corrected chi connectivity index (χ0v) is 12.6. The highest BCUT2D eigenvalue weighted by atomic mass is 35.5. The fourth-order valence-corrected chi connectivity index (χ4v) is 2.01. The Morgan fingerprint density at radius 1 is 1.05 bits per heavy atom. The third kappa shape index (κ3) is 4.34. The zero-order valence-electron chi connectivity index (χ0n) is 10.3. The van der Waals surface area contributed by atoms with E-state index in [0.29, 0.717) is 21.7 Å². The van der Waals surface area contributed by atoms with E-state index in [1.807, 2.05) is 12.1 Å². The van der Waals surface area contributed by atoms with Crippen molar-refractivity contribution in [1.82, 2.24) is 5.32 Å². The molecule has 2 nitrogen and oxygen atoms in total. The van der Waals surface area contributed by atoms with Gasteiger partial charge in [0.05, 0.1) is 5.69 Å². The molecule has 0 fully saturated rings. The molecule has 0 unspecified atom stereocenters. The molecule has 20 heavy (non-hydrogen) atoms. The van der Waals surface area contributed by atoms with E-state index in [2.05, 4.69) is 10.6 Å². The number of thiocarbonyl (C=S) groups is 1. The van der Waals surface area contributed by atoms with Crippen LogP contribution in [0.2, 0.25) is 10.0 Å². The molecule has 6 heteroatoms.